The van der Waals surface area contributed by atoms with Crippen LogP contribution >= 0.6 is 0 Å². The number of nitrogen functional groups attached to an aromatic ring is 1. The van der Waals surface area contributed by atoms with Crippen LogP contribution in [0.3, 0.4) is 0 Å². The maximum Gasteiger partial charge on any atom is 0.145 e. The minimum Gasteiger partial charge on any atom is -0.395 e. The second kappa shape index (κ2) is 4.97. The van der Waals surface area contributed by atoms with Gasteiger partial charge >= 0.3 is 0 Å². The normalized spacial score (nSPS) is 13.4. The second-order valence-corrected chi connectivity index (χ2v) is 3.52. The number of likely N-dealkylation sites (N-methyl/N-ethyl adjacent to an activating group) is 1. The highest BCUT2D eigenvalue weighted by Crippen LogP contribution is 1.98. The van der Waals surface area contributed by atoms with E-state index < -0.39 is 0 Å². The van der Waals surface area contributed by atoms with Crippen LogP contribution in [-0.4, -0.2) is 46.0 Å². The lowest BCUT2D eigenvalue weighted by atomic mass is 10.3. The molecular formula is C9H18N4O. The summed E-state index contributed by atoms with van der Waals surface area (Å²) in [7, 11) is 1.98. The van der Waals surface area contributed by atoms with Crippen LogP contribution in [0.5, 0.6) is 0 Å². The fraction of sp³-hybridized carbons (Fsp3) is 0.667. The van der Waals surface area contributed by atoms with Crippen molar-refractivity contribution in [2.24, 2.45) is 0 Å². The topological polar surface area (TPSA) is 67.3 Å². The van der Waals surface area contributed by atoms with Gasteiger partial charge in [0, 0.05) is 18.8 Å². The Morgan fingerprint density at radius 3 is 2.93 bits per heavy atom. The molecule has 3 N–H and O–H groups in total. The highest BCUT2D eigenvalue weighted by molar-refractivity contribution is 5.23. The van der Waals surface area contributed by atoms with E-state index in [1.807, 2.05) is 20.2 Å². The molecule has 1 rings (SSSR count). The largest absolute Gasteiger partial charge is 0.395 e. The van der Waals surface area contributed by atoms with Crippen LogP contribution in [0, 0.1) is 0 Å². The van der Waals surface area contributed by atoms with Crippen LogP contribution < -0.4 is 5.73 Å². The monoisotopic (exact) mass is 198 g/mol. The Hall–Kier alpha value is -1.07. The van der Waals surface area contributed by atoms with Crippen molar-refractivity contribution < 1.29 is 5.11 Å². The lowest BCUT2D eigenvalue weighted by molar-refractivity contribution is 0.154. The van der Waals surface area contributed by atoms with Crippen LogP contribution in [0.4, 0.5) is 5.82 Å². The molecule has 0 saturated carbocycles. The van der Waals surface area contributed by atoms with Gasteiger partial charge in [0.2, 0.25) is 0 Å². The molecule has 0 amide bonds. The summed E-state index contributed by atoms with van der Waals surface area (Å²) < 4.78 is 1.80. The van der Waals surface area contributed by atoms with E-state index in [1.165, 1.54) is 0 Å². The highest BCUT2D eigenvalue weighted by atomic mass is 16.3. The first kappa shape index (κ1) is 11.0. The highest BCUT2D eigenvalue weighted by Gasteiger charge is 2.07. The molecule has 1 aromatic heterocycles. The van der Waals surface area contributed by atoms with Crippen molar-refractivity contribution in [2.75, 3.05) is 25.9 Å². The van der Waals surface area contributed by atoms with Crippen molar-refractivity contribution in [3.63, 3.8) is 0 Å². The molecule has 1 atom stereocenters. The summed E-state index contributed by atoms with van der Waals surface area (Å²) in [6.45, 7) is 3.80. The van der Waals surface area contributed by atoms with E-state index in [2.05, 4.69) is 10.00 Å². The number of hydrogen-bond donors (Lipinski definition) is 2. The predicted molar refractivity (Wildman–Crippen MR) is 55.8 cm³/mol. The lowest BCUT2D eigenvalue weighted by Crippen LogP contribution is -2.34. The number of anilines is 1. The first-order chi connectivity index (χ1) is 6.63. The first-order valence-corrected chi connectivity index (χ1v) is 4.73. The number of nitrogens with two attached hydrogens (primary N) is 1. The third-order valence-electron chi connectivity index (χ3n) is 2.36. The zero-order valence-corrected chi connectivity index (χ0v) is 8.72. The average Bonchev–Trinajstić information content (AvgIpc) is 2.59. The molecule has 5 nitrogen and oxygen atoms in total. The van der Waals surface area contributed by atoms with Gasteiger partial charge in [-0.15, -0.1) is 0 Å². The van der Waals surface area contributed by atoms with E-state index in [4.69, 9.17) is 10.8 Å². The van der Waals surface area contributed by atoms with Crippen molar-refractivity contribution in [1.82, 2.24) is 14.7 Å². The Labute approximate surface area is 84.1 Å². The predicted octanol–water partition coefficient (Wildman–Crippen LogP) is -0.222. The van der Waals surface area contributed by atoms with Gasteiger partial charge in [-0.05, 0) is 20.0 Å². The van der Waals surface area contributed by atoms with Gasteiger partial charge in [-0.2, -0.15) is 5.10 Å². The Morgan fingerprint density at radius 2 is 2.43 bits per heavy atom. The Bertz CT molecular complexity index is 274. The summed E-state index contributed by atoms with van der Waals surface area (Å²) in [4.78, 5) is 2.08. The SMILES string of the molecule is CC(CO)N(C)CCn1ccc(N)n1. The number of aromatic nitrogens is 2. The summed E-state index contributed by atoms with van der Waals surface area (Å²) in [6, 6.07) is 1.96. The smallest absolute Gasteiger partial charge is 0.145 e. The van der Waals surface area contributed by atoms with Gasteiger partial charge in [0.1, 0.15) is 5.82 Å². The number of aliphatic hydroxyl groups is 1. The molecule has 1 unspecified atom stereocenters. The maximum atomic E-state index is 8.92. The molecule has 1 heterocycles. The number of hydrogen-bond acceptors (Lipinski definition) is 4. The summed E-state index contributed by atoms with van der Waals surface area (Å²) in [5.74, 6) is 0.544. The second-order valence-electron chi connectivity index (χ2n) is 3.52. The van der Waals surface area contributed by atoms with E-state index in [1.54, 1.807) is 10.7 Å². The van der Waals surface area contributed by atoms with Crippen LogP contribution in [0.25, 0.3) is 0 Å². The van der Waals surface area contributed by atoms with E-state index >= 15 is 0 Å². The van der Waals surface area contributed by atoms with E-state index in [-0.39, 0.29) is 12.6 Å². The van der Waals surface area contributed by atoms with Gasteiger partial charge in [-0.1, -0.05) is 0 Å². The van der Waals surface area contributed by atoms with Gasteiger partial charge in [-0.3, -0.25) is 9.58 Å². The molecule has 5 heteroatoms. The van der Waals surface area contributed by atoms with Crippen LogP contribution in [-0.2, 0) is 6.54 Å². The number of nitrogens with zero attached hydrogens (tertiary/aromatic N) is 3. The zero-order valence-electron chi connectivity index (χ0n) is 8.72. The van der Waals surface area contributed by atoms with Crippen molar-refractivity contribution in [3.05, 3.63) is 12.3 Å². The van der Waals surface area contributed by atoms with Gasteiger partial charge < -0.3 is 10.8 Å². The van der Waals surface area contributed by atoms with E-state index in [9.17, 15) is 0 Å². The van der Waals surface area contributed by atoms with Crippen LogP contribution in [0.2, 0.25) is 0 Å². The Morgan fingerprint density at radius 1 is 1.71 bits per heavy atom. The van der Waals surface area contributed by atoms with Gasteiger partial charge in [0.05, 0.1) is 13.2 Å². The van der Waals surface area contributed by atoms with Gasteiger partial charge in [0.15, 0.2) is 0 Å². The summed E-state index contributed by atoms with van der Waals surface area (Å²) in [5.41, 5.74) is 5.49. The number of rotatable bonds is 5. The molecule has 0 spiro atoms. The third-order valence-corrected chi connectivity index (χ3v) is 2.36. The number of aliphatic hydroxyl groups excluding tert-OH is 1. The molecule has 80 valence electrons. The Balaban J connectivity index is 2.33. The summed E-state index contributed by atoms with van der Waals surface area (Å²) in [5, 5.41) is 13.0. The molecule has 1 aromatic rings. The fourth-order valence-corrected chi connectivity index (χ4v) is 1.12. The average molecular weight is 198 g/mol. The van der Waals surface area contributed by atoms with Crippen molar-refractivity contribution >= 4 is 5.82 Å². The molecule has 0 fully saturated rings. The minimum atomic E-state index is 0.178. The minimum absolute atomic E-state index is 0.178. The van der Waals surface area contributed by atoms with E-state index in [0.717, 1.165) is 13.1 Å². The molecule has 0 aliphatic carbocycles. The van der Waals surface area contributed by atoms with Crippen LogP contribution in [0.15, 0.2) is 12.3 Å². The van der Waals surface area contributed by atoms with Crippen molar-refractivity contribution in [1.29, 1.82) is 0 Å². The maximum absolute atomic E-state index is 8.92. The summed E-state index contributed by atoms with van der Waals surface area (Å²) in [6.07, 6.45) is 1.85. The first-order valence-electron chi connectivity index (χ1n) is 4.73. The molecule has 0 radical (unpaired) electrons. The zero-order chi connectivity index (χ0) is 10.6. The molecular weight excluding hydrogens is 180 g/mol. The van der Waals surface area contributed by atoms with Crippen molar-refractivity contribution in [2.45, 2.75) is 19.5 Å². The van der Waals surface area contributed by atoms with Crippen molar-refractivity contribution in [3.8, 4) is 0 Å². The fourth-order valence-electron chi connectivity index (χ4n) is 1.12. The molecule has 0 saturated heterocycles. The lowest BCUT2D eigenvalue weighted by Gasteiger charge is -2.22. The molecule has 0 aliphatic rings. The molecule has 0 bridgehead atoms. The van der Waals surface area contributed by atoms with Gasteiger partial charge in [0.25, 0.3) is 0 Å². The van der Waals surface area contributed by atoms with Crippen LogP contribution in [0.1, 0.15) is 6.92 Å². The molecule has 0 aliphatic heterocycles. The Kier molecular flexibility index (Phi) is 3.91. The third kappa shape index (κ3) is 3.01. The molecule has 14 heavy (non-hydrogen) atoms. The quantitative estimate of drug-likeness (QED) is 0.686. The van der Waals surface area contributed by atoms with Gasteiger partial charge in [-0.25, -0.2) is 0 Å². The molecule has 0 aromatic carbocycles. The summed E-state index contributed by atoms with van der Waals surface area (Å²) >= 11 is 0. The van der Waals surface area contributed by atoms with E-state index in [0.29, 0.717) is 5.82 Å². The standard InChI is InChI=1S/C9H18N4O/c1-8(7-14)12(2)5-6-13-4-3-9(10)11-13/h3-4,8,14H,5-7H2,1-2H3,(H2,10,11).